The second-order valence-electron chi connectivity index (χ2n) is 8.00. The summed E-state index contributed by atoms with van der Waals surface area (Å²) in [5.41, 5.74) is 5.19. The highest BCUT2D eigenvalue weighted by atomic mass is 32.1. The van der Waals surface area contributed by atoms with Crippen molar-refractivity contribution in [3.63, 3.8) is 0 Å². The zero-order chi connectivity index (χ0) is 24.4. The molecule has 0 saturated heterocycles. The molecule has 2 amide bonds. The van der Waals surface area contributed by atoms with Gasteiger partial charge in [-0.25, -0.2) is 5.43 Å². The number of nitrogens with zero attached hydrogens (tertiary/aromatic N) is 1. The van der Waals surface area contributed by atoms with Crippen molar-refractivity contribution in [2.24, 2.45) is 5.10 Å². The van der Waals surface area contributed by atoms with Gasteiger partial charge in [0.1, 0.15) is 5.75 Å². The monoisotopic (exact) mass is 479 g/mol. The summed E-state index contributed by atoms with van der Waals surface area (Å²) in [5, 5.41) is 21.9. The topological polar surface area (TPSA) is 90.8 Å². The zero-order valence-corrected chi connectivity index (χ0v) is 19.6. The molecule has 4 aromatic carbocycles. The number of aromatic hydroxyl groups is 1. The molecule has 3 N–H and O–H groups in total. The molecule has 0 bridgehead atoms. The van der Waals surface area contributed by atoms with Crippen LogP contribution in [0, 0.1) is 0 Å². The van der Waals surface area contributed by atoms with Crippen LogP contribution in [0.4, 0.5) is 5.69 Å². The fourth-order valence-electron chi connectivity index (χ4n) is 3.87. The third-order valence-corrected chi connectivity index (χ3v) is 6.70. The van der Waals surface area contributed by atoms with E-state index in [-0.39, 0.29) is 17.2 Å². The minimum Gasteiger partial charge on any atom is -0.506 e. The lowest BCUT2D eigenvalue weighted by Crippen LogP contribution is -2.19. The fourth-order valence-corrected chi connectivity index (χ4v) is 4.81. The Labute approximate surface area is 205 Å². The molecular formula is C28H21N3O3S. The van der Waals surface area contributed by atoms with Gasteiger partial charge >= 0.3 is 0 Å². The number of thiophene rings is 1. The van der Waals surface area contributed by atoms with Crippen molar-refractivity contribution in [1.29, 1.82) is 0 Å². The molecule has 0 aliphatic carbocycles. The van der Waals surface area contributed by atoms with E-state index in [2.05, 4.69) is 15.8 Å². The smallest absolute Gasteiger partial charge is 0.275 e. The van der Waals surface area contributed by atoms with Gasteiger partial charge in [0.25, 0.3) is 11.8 Å². The Balaban J connectivity index is 1.32. The van der Waals surface area contributed by atoms with E-state index in [9.17, 15) is 14.7 Å². The van der Waals surface area contributed by atoms with Crippen LogP contribution in [0.3, 0.4) is 0 Å². The molecule has 0 atom stereocenters. The highest BCUT2D eigenvalue weighted by Gasteiger charge is 2.14. The van der Waals surface area contributed by atoms with Crippen LogP contribution < -0.4 is 10.7 Å². The molecule has 7 heteroatoms. The standard InChI is InChI=1S/C28H21N3O3S/c1-17(30-31-28(34)23-14-13-18-7-2-3-10-21(18)26(23)32)19-8-6-9-20(15-19)29-27(33)24-16-35-25-12-5-4-11-22(24)25/h2-16,32H,1H3,(H,29,33)(H,31,34). The Hall–Kier alpha value is -4.49. The first-order valence-corrected chi connectivity index (χ1v) is 11.8. The summed E-state index contributed by atoms with van der Waals surface area (Å²) in [7, 11) is 0. The lowest BCUT2D eigenvalue weighted by Gasteiger charge is -2.09. The van der Waals surface area contributed by atoms with E-state index in [1.54, 1.807) is 43.3 Å². The molecule has 0 spiro atoms. The molecule has 6 nitrogen and oxygen atoms in total. The molecule has 0 radical (unpaired) electrons. The van der Waals surface area contributed by atoms with E-state index in [0.717, 1.165) is 21.0 Å². The number of rotatable bonds is 5. The number of hydrogen-bond donors (Lipinski definition) is 3. The molecule has 0 aliphatic heterocycles. The van der Waals surface area contributed by atoms with Gasteiger partial charge in [-0.3, -0.25) is 9.59 Å². The molecule has 35 heavy (non-hydrogen) atoms. The average Bonchev–Trinajstić information content (AvgIpc) is 3.32. The number of benzene rings is 4. The first-order valence-electron chi connectivity index (χ1n) is 10.9. The predicted octanol–water partition coefficient (Wildman–Crippen LogP) is 6.17. The second-order valence-corrected chi connectivity index (χ2v) is 8.91. The van der Waals surface area contributed by atoms with E-state index in [1.165, 1.54) is 11.3 Å². The van der Waals surface area contributed by atoms with Crippen LogP contribution in [0.1, 0.15) is 33.2 Å². The SMILES string of the molecule is CC(=NNC(=O)c1ccc2ccccc2c1O)c1cccc(NC(=O)c2csc3ccccc23)c1. The Morgan fingerprint density at radius 1 is 0.829 bits per heavy atom. The number of carbonyl (C=O) groups is 2. The zero-order valence-electron chi connectivity index (χ0n) is 18.8. The summed E-state index contributed by atoms with van der Waals surface area (Å²) < 4.78 is 1.06. The number of hydrogen-bond acceptors (Lipinski definition) is 5. The van der Waals surface area contributed by atoms with Crippen LogP contribution in [0.25, 0.3) is 20.9 Å². The molecular weight excluding hydrogens is 458 g/mol. The number of phenolic OH excluding ortho intramolecular Hbond substituents is 1. The van der Waals surface area contributed by atoms with Gasteiger partial charge in [-0.2, -0.15) is 5.10 Å². The molecule has 172 valence electrons. The van der Waals surface area contributed by atoms with Crippen LogP contribution in [0.5, 0.6) is 5.75 Å². The maximum absolute atomic E-state index is 12.9. The summed E-state index contributed by atoms with van der Waals surface area (Å²) in [6, 6.07) is 25.7. The molecule has 0 fully saturated rings. The lowest BCUT2D eigenvalue weighted by atomic mass is 10.1. The molecule has 5 rings (SSSR count). The van der Waals surface area contributed by atoms with Gasteiger partial charge < -0.3 is 10.4 Å². The molecule has 1 aromatic heterocycles. The van der Waals surface area contributed by atoms with Gasteiger partial charge in [-0.05, 0) is 42.1 Å². The van der Waals surface area contributed by atoms with Crippen LogP contribution in [0.2, 0.25) is 0 Å². The highest BCUT2D eigenvalue weighted by Crippen LogP contribution is 2.29. The van der Waals surface area contributed by atoms with Gasteiger partial charge in [0.15, 0.2) is 0 Å². The van der Waals surface area contributed by atoms with Gasteiger partial charge in [0.2, 0.25) is 0 Å². The molecule has 0 saturated carbocycles. The fraction of sp³-hybridized carbons (Fsp3) is 0.0357. The summed E-state index contributed by atoms with van der Waals surface area (Å²) >= 11 is 1.53. The number of anilines is 1. The summed E-state index contributed by atoms with van der Waals surface area (Å²) in [5.74, 6) is -0.783. The van der Waals surface area contributed by atoms with E-state index >= 15 is 0 Å². The van der Waals surface area contributed by atoms with Crippen molar-refractivity contribution >= 4 is 55.4 Å². The average molecular weight is 480 g/mol. The predicted molar refractivity (Wildman–Crippen MR) is 142 cm³/mol. The van der Waals surface area contributed by atoms with E-state index < -0.39 is 5.91 Å². The molecule has 0 unspecified atom stereocenters. The Bertz CT molecular complexity index is 1620. The third-order valence-electron chi connectivity index (χ3n) is 5.73. The lowest BCUT2D eigenvalue weighted by molar-refractivity contribution is 0.0951. The number of nitrogens with one attached hydrogen (secondary N) is 2. The number of amides is 2. The van der Waals surface area contributed by atoms with Gasteiger partial charge in [0.05, 0.1) is 16.8 Å². The van der Waals surface area contributed by atoms with Crippen LogP contribution in [-0.2, 0) is 0 Å². The number of fused-ring (bicyclic) bond motifs is 2. The number of phenols is 1. The molecule has 0 aliphatic rings. The summed E-state index contributed by atoms with van der Waals surface area (Å²) in [6.07, 6.45) is 0. The minimum absolute atomic E-state index is 0.0842. The highest BCUT2D eigenvalue weighted by molar-refractivity contribution is 7.17. The van der Waals surface area contributed by atoms with E-state index in [1.807, 2.05) is 53.9 Å². The van der Waals surface area contributed by atoms with E-state index in [4.69, 9.17) is 0 Å². The third kappa shape index (κ3) is 4.49. The van der Waals surface area contributed by atoms with Gasteiger partial charge in [-0.1, -0.05) is 60.7 Å². The minimum atomic E-state index is -0.513. The van der Waals surface area contributed by atoms with Crippen LogP contribution in [-0.4, -0.2) is 22.6 Å². The molecule has 1 heterocycles. The Morgan fingerprint density at radius 2 is 1.60 bits per heavy atom. The van der Waals surface area contributed by atoms with Crippen molar-refractivity contribution in [2.45, 2.75) is 6.92 Å². The maximum atomic E-state index is 12.9. The van der Waals surface area contributed by atoms with E-state index in [0.29, 0.717) is 22.3 Å². The largest absolute Gasteiger partial charge is 0.506 e. The normalized spacial score (nSPS) is 11.5. The second kappa shape index (κ2) is 9.40. The first kappa shape index (κ1) is 22.3. The number of carbonyl (C=O) groups excluding carboxylic acids is 2. The van der Waals surface area contributed by atoms with Crippen LogP contribution in [0.15, 0.2) is 95.4 Å². The van der Waals surface area contributed by atoms with Crippen molar-refractivity contribution < 1.29 is 14.7 Å². The van der Waals surface area contributed by atoms with Crippen molar-refractivity contribution in [2.75, 3.05) is 5.32 Å². The number of hydrazone groups is 1. The first-order chi connectivity index (χ1) is 17.0. The van der Waals surface area contributed by atoms with Crippen molar-refractivity contribution in [3.8, 4) is 5.75 Å². The maximum Gasteiger partial charge on any atom is 0.275 e. The van der Waals surface area contributed by atoms with Crippen molar-refractivity contribution in [1.82, 2.24) is 5.43 Å². The quantitative estimate of drug-likeness (QED) is 0.208. The summed E-state index contributed by atoms with van der Waals surface area (Å²) in [6.45, 7) is 1.76. The molecule has 5 aromatic rings. The van der Waals surface area contributed by atoms with Gasteiger partial charge in [-0.15, -0.1) is 11.3 Å². The van der Waals surface area contributed by atoms with Crippen molar-refractivity contribution in [3.05, 3.63) is 107 Å². The Morgan fingerprint density at radius 3 is 2.46 bits per heavy atom. The summed E-state index contributed by atoms with van der Waals surface area (Å²) in [4.78, 5) is 25.5. The van der Waals surface area contributed by atoms with Crippen LogP contribution >= 0.6 is 11.3 Å². The van der Waals surface area contributed by atoms with Gasteiger partial charge in [0, 0.05) is 26.5 Å². The Kier molecular flexibility index (Phi) is 5.99.